The minimum Gasteiger partial charge on any atom is -0.501 e. The Bertz CT molecular complexity index is 213. The first-order valence-corrected chi connectivity index (χ1v) is 4.53. The molecule has 0 saturated heterocycles. The zero-order chi connectivity index (χ0) is 9.14. The summed E-state index contributed by atoms with van der Waals surface area (Å²) in [7, 11) is 1.76. The Balaban J connectivity index is 2.67. The molecule has 0 radical (unpaired) electrons. The zero-order valence-corrected chi connectivity index (χ0v) is 8.31. The van der Waals surface area contributed by atoms with Gasteiger partial charge in [-0.1, -0.05) is 12.2 Å². The molecule has 0 spiro atoms. The molecule has 1 rings (SSSR count). The fourth-order valence-electron chi connectivity index (χ4n) is 1.71. The molecule has 0 aliphatic heterocycles. The van der Waals surface area contributed by atoms with E-state index >= 15 is 0 Å². The highest BCUT2D eigenvalue weighted by Gasteiger charge is 2.19. The van der Waals surface area contributed by atoms with Gasteiger partial charge in [-0.2, -0.15) is 0 Å². The maximum Gasteiger partial charge on any atom is 0.0950 e. The SMILES string of the molecule is C=C(C)[C@@H]1CCC(C)=C(OC)C1. The predicted molar refractivity (Wildman–Crippen MR) is 51.9 cm³/mol. The lowest BCUT2D eigenvalue weighted by molar-refractivity contribution is 0.246. The summed E-state index contributed by atoms with van der Waals surface area (Å²) in [6.07, 6.45) is 3.46. The Kier molecular flexibility index (Phi) is 2.96. The number of allylic oxidation sites excluding steroid dienone is 3. The highest BCUT2D eigenvalue weighted by atomic mass is 16.5. The molecular formula is C11H18O. The molecule has 0 aromatic heterocycles. The van der Waals surface area contributed by atoms with Crippen molar-refractivity contribution in [1.82, 2.24) is 0 Å². The van der Waals surface area contributed by atoms with Crippen LogP contribution in [-0.2, 0) is 4.74 Å². The maximum absolute atomic E-state index is 5.32. The summed E-state index contributed by atoms with van der Waals surface area (Å²) in [5.41, 5.74) is 2.70. The third kappa shape index (κ3) is 1.90. The number of methoxy groups -OCH3 is 1. The van der Waals surface area contributed by atoms with Gasteiger partial charge in [-0.05, 0) is 38.2 Å². The smallest absolute Gasteiger partial charge is 0.0950 e. The minimum atomic E-state index is 0.642. The van der Waals surface area contributed by atoms with Gasteiger partial charge in [0, 0.05) is 6.42 Å². The molecule has 0 saturated carbocycles. The Morgan fingerprint density at radius 3 is 2.75 bits per heavy atom. The monoisotopic (exact) mass is 166 g/mol. The molecule has 0 aromatic carbocycles. The average molecular weight is 166 g/mol. The van der Waals surface area contributed by atoms with Gasteiger partial charge in [-0.3, -0.25) is 0 Å². The molecule has 1 aliphatic carbocycles. The molecule has 0 fully saturated rings. The molecule has 0 bridgehead atoms. The topological polar surface area (TPSA) is 9.23 Å². The van der Waals surface area contributed by atoms with Crippen LogP contribution >= 0.6 is 0 Å². The molecule has 0 aromatic rings. The van der Waals surface area contributed by atoms with Gasteiger partial charge in [0.1, 0.15) is 0 Å². The average Bonchev–Trinajstić information content (AvgIpc) is 2.05. The van der Waals surface area contributed by atoms with E-state index in [1.807, 2.05) is 0 Å². The van der Waals surface area contributed by atoms with E-state index in [1.54, 1.807) is 7.11 Å². The largest absolute Gasteiger partial charge is 0.501 e. The molecule has 0 unspecified atom stereocenters. The predicted octanol–water partition coefficient (Wildman–Crippen LogP) is 3.28. The van der Waals surface area contributed by atoms with Gasteiger partial charge >= 0.3 is 0 Å². The second-order valence-electron chi connectivity index (χ2n) is 3.69. The van der Waals surface area contributed by atoms with Crippen molar-refractivity contribution in [2.45, 2.75) is 33.1 Å². The van der Waals surface area contributed by atoms with Gasteiger partial charge in [0.2, 0.25) is 0 Å². The first-order chi connectivity index (χ1) is 5.65. The van der Waals surface area contributed by atoms with E-state index in [0.29, 0.717) is 5.92 Å². The van der Waals surface area contributed by atoms with Crippen molar-refractivity contribution in [1.29, 1.82) is 0 Å². The van der Waals surface area contributed by atoms with Crippen molar-refractivity contribution in [3.05, 3.63) is 23.5 Å². The van der Waals surface area contributed by atoms with Crippen LogP contribution in [0.25, 0.3) is 0 Å². The third-order valence-corrected chi connectivity index (χ3v) is 2.72. The van der Waals surface area contributed by atoms with E-state index in [9.17, 15) is 0 Å². The fraction of sp³-hybridized carbons (Fsp3) is 0.636. The van der Waals surface area contributed by atoms with Crippen LogP contribution in [-0.4, -0.2) is 7.11 Å². The first-order valence-electron chi connectivity index (χ1n) is 4.53. The summed E-state index contributed by atoms with van der Waals surface area (Å²) in [4.78, 5) is 0. The summed E-state index contributed by atoms with van der Waals surface area (Å²) in [5.74, 6) is 1.82. The van der Waals surface area contributed by atoms with Gasteiger partial charge in [-0.25, -0.2) is 0 Å². The lowest BCUT2D eigenvalue weighted by Crippen LogP contribution is -2.11. The lowest BCUT2D eigenvalue weighted by atomic mass is 9.85. The highest BCUT2D eigenvalue weighted by Crippen LogP contribution is 2.32. The molecule has 1 atom stereocenters. The number of rotatable bonds is 2. The number of ether oxygens (including phenoxy) is 1. The molecule has 0 amide bonds. The van der Waals surface area contributed by atoms with Gasteiger partial charge in [0.05, 0.1) is 12.9 Å². The summed E-state index contributed by atoms with van der Waals surface area (Å²) in [6.45, 7) is 8.26. The fourth-order valence-corrected chi connectivity index (χ4v) is 1.71. The second-order valence-corrected chi connectivity index (χ2v) is 3.69. The quantitative estimate of drug-likeness (QED) is 0.572. The van der Waals surface area contributed by atoms with Gasteiger partial charge < -0.3 is 4.74 Å². The van der Waals surface area contributed by atoms with E-state index in [0.717, 1.165) is 6.42 Å². The van der Waals surface area contributed by atoms with Crippen molar-refractivity contribution in [3.8, 4) is 0 Å². The molecule has 1 heteroatoms. The van der Waals surface area contributed by atoms with E-state index in [1.165, 1.54) is 29.7 Å². The second kappa shape index (κ2) is 3.79. The summed E-state index contributed by atoms with van der Waals surface area (Å²) in [6, 6.07) is 0. The number of hydrogen-bond donors (Lipinski definition) is 0. The zero-order valence-electron chi connectivity index (χ0n) is 8.31. The normalized spacial score (nSPS) is 24.1. The summed E-state index contributed by atoms with van der Waals surface area (Å²) >= 11 is 0. The lowest BCUT2D eigenvalue weighted by Gasteiger charge is -2.25. The Morgan fingerprint density at radius 2 is 2.25 bits per heavy atom. The highest BCUT2D eigenvalue weighted by molar-refractivity contribution is 5.15. The van der Waals surface area contributed by atoms with Crippen LogP contribution in [0.2, 0.25) is 0 Å². The van der Waals surface area contributed by atoms with E-state index in [-0.39, 0.29) is 0 Å². The summed E-state index contributed by atoms with van der Waals surface area (Å²) in [5, 5.41) is 0. The van der Waals surface area contributed by atoms with E-state index in [2.05, 4.69) is 20.4 Å². The molecule has 1 nitrogen and oxygen atoms in total. The molecule has 1 aliphatic rings. The van der Waals surface area contributed by atoms with E-state index in [4.69, 9.17) is 4.74 Å². The molecule has 68 valence electrons. The van der Waals surface area contributed by atoms with Gasteiger partial charge in [0.25, 0.3) is 0 Å². The van der Waals surface area contributed by atoms with Gasteiger partial charge in [0.15, 0.2) is 0 Å². The Labute approximate surface area is 75.1 Å². The Hall–Kier alpha value is -0.720. The van der Waals surface area contributed by atoms with Crippen molar-refractivity contribution < 1.29 is 4.74 Å². The van der Waals surface area contributed by atoms with Crippen LogP contribution in [0.4, 0.5) is 0 Å². The van der Waals surface area contributed by atoms with Crippen LogP contribution in [0.1, 0.15) is 33.1 Å². The minimum absolute atomic E-state index is 0.642. The van der Waals surface area contributed by atoms with Crippen molar-refractivity contribution >= 4 is 0 Å². The van der Waals surface area contributed by atoms with E-state index < -0.39 is 0 Å². The maximum atomic E-state index is 5.32. The number of hydrogen-bond acceptors (Lipinski definition) is 1. The van der Waals surface area contributed by atoms with Crippen molar-refractivity contribution in [2.24, 2.45) is 5.92 Å². The van der Waals surface area contributed by atoms with Crippen LogP contribution in [0.15, 0.2) is 23.5 Å². The van der Waals surface area contributed by atoms with Crippen LogP contribution in [0.5, 0.6) is 0 Å². The molecular weight excluding hydrogens is 148 g/mol. The molecule has 0 heterocycles. The molecule has 0 N–H and O–H groups in total. The van der Waals surface area contributed by atoms with Gasteiger partial charge in [-0.15, -0.1) is 0 Å². The first kappa shape index (κ1) is 9.37. The van der Waals surface area contributed by atoms with Crippen molar-refractivity contribution in [3.63, 3.8) is 0 Å². The summed E-state index contributed by atoms with van der Waals surface area (Å²) < 4.78 is 5.32. The van der Waals surface area contributed by atoms with Crippen molar-refractivity contribution in [2.75, 3.05) is 7.11 Å². The van der Waals surface area contributed by atoms with Crippen LogP contribution < -0.4 is 0 Å². The van der Waals surface area contributed by atoms with Crippen LogP contribution in [0.3, 0.4) is 0 Å². The standard InChI is InChI=1S/C11H18O/c1-8(2)10-6-5-9(3)11(7-10)12-4/h10H,1,5-7H2,2-4H3/t10-/m1/s1. The Morgan fingerprint density at radius 1 is 1.58 bits per heavy atom. The third-order valence-electron chi connectivity index (χ3n) is 2.72. The molecule has 12 heavy (non-hydrogen) atoms. The van der Waals surface area contributed by atoms with Crippen LogP contribution in [0, 0.1) is 5.92 Å².